The molecule has 3 N–H and O–H groups in total. The number of halogens is 6. The molecule has 0 unspecified atom stereocenters. The molecule has 4 aromatic rings. The van der Waals surface area contributed by atoms with Crippen LogP contribution in [0.1, 0.15) is 73.4 Å². The lowest BCUT2D eigenvalue weighted by Crippen LogP contribution is -2.51. The van der Waals surface area contributed by atoms with Gasteiger partial charge in [-0.05, 0) is 49.1 Å². The van der Waals surface area contributed by atoms with Crippen LogP contribution in [0.2, 0.25) is 5.02 Å². The van der Waals surface area contributed by atoms with Gasteiger partial charge in [0, 0.05) is 29.5 Å². The second-order valence-corrected chi connectivity index (χ2v) is 14.8. The van der Waals surface area contributed by atoms with E-state index in [9.17, 15) is 31.5 Å². The van der Waals surface area contributed by atoms with Gasteiger partial charge in [0.25, 0.3) is 12.3 Å². The van der Waals surface area contributed by atoms with E-state index in [1.54, 1.807) is 46.7 Å². The Morgan fingerprint density at radius 1 is 1.07 bits per heavy atom. The summed E-state index contributed by atoms with van der Waals surface area (Å²) in [6.45, 7) is 1.28. The van der Waals surface area contributed by atoms with E-state index in [0.29, 0.717) is 11.3 Å². The Bertz CT molecular complexity index is 1990. The second-order valence-electron chi connectivity index (χ2n) is 14.4. The van der Waals surface area contributed by atoms with Crippen LogP contribution in [0, 0.1) is 10.8 Å². The number of guanidine groups is 1. The molecule has 13 nitrogen and oxygen atoms in total. The number of ether oxygens (including phenoxy) is 1. The van der Waals surface area contributed by atoms with Crippen LogP contribution in [0.5, 0.6) is 0 Å². The van der Waals surface area contributed by atoms with Crippen molar-refractivity contribution in [3.8, 4) is 16.9 Å². The van der Waals surface area contributed by atoms with E-state index in [0.717, 1.165) is 42.6 Å². The van der Waals surface area contributed by atoms with Crippen molar-refractivity contribution in [3.05, 3.63) is 77.0 Å². The summed E-state index contributed by atoms with van der Waals surface area (Å²) in [7, 11) is 4.92. The molecule has 2 amide bonds. The van der Waals surface area contributed by atoms with Gasteiger partial charge in [-0.15, -0.1) is 0 Å². The van der Waals surface area contributed by atoms with Crippen molar-refractivity contribution in [2.45, 2.75) is 63.1 Å². The Morgan fingerprint density at radius 2 is 1.76 bits per heavy atom. The van der Waals surface area contributed by atoms with Crippen molar-refractivity contribution in [2.75, 3.05) is 13.1 Å². The summed E-state index contributed by atoms with van der Waals surface area (Å²) in [5.41, 5.74) is -0.695. The van der Waals surface area contributed by atoms with Crippen molar-refractivity contribution < 1.29 is 36.3 Å². The lowest BCUT2D eigenvalue weighted by atomic mass is 9.52. The van der Waals surface area contributed by atoms with Gasteiger partial charge < -0.3 is 15.4 Å². The third-order valence-electron chi connectivity index (χ3n) is 8.58. The van der Waals surface area contributed by atoms with Gasteiger partial charge in [-0.3, -0.25) is 15.1 Å². The number of carbonyl (C=O) groups excluding carboxylic acids is 2. The highest BCUT2D eigenvalue weighted by molar-refractivity contribution is 6.58. The van der Waals surface area contributed by atoms with Crippen LogP contribution in [-0.4, -0.2) is 101 Å². The lowest BCUT2D eigenvalue weighted by Gasteiger charge is -2.34. The van der Waals surface area contributed by atoms with Crippen molar-refractivity contribution in [2.24, 2.45) is 5.41 Å². The smallest absolute Gasteiger partial charge is 0.405 e. The molecule has 1 saturated carbocycles. The highest BCUT2D eigenvalue weighted by Crippen LogP contribution is 2.40. The fraction of sp³-hybridized carbons (Fsp3) is 0.406. The molecule has 54 heavy (non-hydrogen) atoms. The predicted octanol–water partition coefficient (Wildman–Crippen LogP) is 3.37. The topological polar surface area (TPSA) is 156 Å². The molecule has 1 atom stereocenters. The minimum Gasteiger partial charge on any atom is -0.471 e. The summed E-state index contributed by atoms with van der Waals surface area (Å²) in [6, 6.07) is 9.40. The fourth-order valence-electron chi connectivity index (χ4n) is 5.27. The Balaban J connectivity index is 1.55. The van der Waals surface area contributed by atoms with Crippen LogP contribution in [0.4, 0.5) is 26.7 Å². The molecule has 0 saturated heterocycles. The quantitative estimate of drug-likeness (QED) is 0.0809. The average molecular weight is 773 g/mol. The molecule has 284 valence electrons. The highest BCUT2D eigenvalue weighted by atomic mass is 35.5. The summed E-state index contributed by atoms with van der Waals surface area (Å²) < 4.78 is 75.0. The lowest BCUT2D eigenvalue weighted by molar-refractivity contribution is -0.213. The first kappa shape index (κ1) is 40.3. The van der Waals surface area contributed by atoms with E-state index < -0.39 is 66.1 Å². The van der Waals surface area contributed by atoms with Crippen molar-refractivity contribution in [1.29, 1.82) is 5.41 Å². The zero-order valence-electron chi connectivity index (χ0n) is 30.1. The molecule has 1 fully saturated rings. The van der Waals surface area contributed by atoms with Gasteiger partial charge in [0.2, 0.25) is 0 Å². The monoisotopic (exact) mass is 772 g/mol. The van der Waals surface area contributed by atoms with Crippen molar-refractivity contribution >= 4 is 53.1 Å². The molecule has 2 aromatic heterocycles. The molecule has 2 heterocycles. The Kier molecular flexibility index (Phi) is 11.8. The van der Waals surface area contributed by atoms with Crippen molar-refractivity contribution in [1.82, 2.24) is 45.3 Å². The Morgan fingerprint density at radius 3 is 2.37 bits per heavy atom. The van der Waals surface area contributed by atoms with E-state index in [1.165, 1.54) is 30.3 Å². The third-order valence-corrected chi connectivity index (χ3v) is 8.90. The molecule has 2 aromatic carbocycles. The van der Waals surface area contributed by atoms with Gasteiger partial charge in [-0.25, -0.2) is 23.2 Å². The van der Waals surface area contributed by atoms with E-state index >= 15 is 0 Å². The Hall–Kier alpha value is -4.94. The minimum atomic E-state index is -4.55. The third kappa shape index (κ3) is 9.59. The number of alkyl carbamates (subject to hydrolysis) is 1. The number of hydrogen-bond donors (Lipinski definition) is 3. The molecule has 1 aliphatic rings. The molecule has 5 rings (SSSR count). The van der Waals surface area contributed by atoms with Crippen LogP contribution in [-0.2, 0) is 4.74 Å². The van der Waals surface area contributed by atoms with E-state index in [-0.39, 0.29) is 34.4 Å². The second kappa shape index (κ2) is 15.8. The zero-order valence-corrected chi connectivity index (χ0v) is 30.8. The first-order chi connectivity index (χ1) is 25.3. The molecule has 0 aliphatic heterocycles. The normalized spacial score (nSPS) is 14.1. The zero-order chi connectivity index (χ0) is 39.6. The summed E-state index contributed by atoms with van der Waals surface area (Å²) in [5.74, 6) is -2.10. The van der Waals surface area contributed by atoms with Gasteiger partial charge in [0.05, 0.1) is 34.4 Å². The molecule has 1 aliphatic carbocycles. The van der Waals surface area contributed by atoms with Gasteiger partial charge in [0.1, 0.15) is 35.6 Å². The SMILES string of the molecule is BC(B)(B)OC(=O)NC[C@H](c1ccc(Cl)c(-n2ncnc2C(F)F)c1)N(C(=N)NCCC(C)(C)C(F)(F)F)C(=O)c1ccc(-c2cnn(C3CC3)n2)cc1. The first-order valence-electron chi connectivity index (χ1n) is 17.0. The maximum absolute atomic E-state index is 14.5. The van der Waals surface area contributed by atoms with Gasteiger partial charge >= 0.3 is 12.3 Å². The molecule has 22 heteroatoms. The number of benzene rings is 2. The molecular weight excluding hydrogens is 735 g/mol. The van der Waals surface area contributed by atoms with Gasteiger partial charge in [-0.2, -0.15) is 33.3 Å². The summed E-state index contributed by atoms with van der Waals surface area (Å²) in [4.78, 5) is 33.6. The summed E-state index contributed by atoms with van der Waals surface area (Å²) >= 11 is 6.44. The number of rotatable bonds is 13. The van der Waals surface area contributed by atoms with Crippen LogP contribution in [0.3, 0.4) is 0 Å². The van der Waals surface area contributed by atoms with Gasteiger partial charge in [0.15, 0.2) is 11.8 Å². The average Bonchev–Trinajstić information content (AvgIpc) is 3.59. The Labute approximate surface area is 315 Å². The number of hydrogen-bond acceptors (Lipinski definition) is 8. The van der Waals surface area contributed by atoms with E-state index in [1.807, 2.05) is 0 Å². The molecule has 0 bridgehead atoms. The van der Waals surface area contributed by atoms with E-state index in [4.69, 9.17) is 21.7 Å². The number of nitrogens with zero attached hydrogens (tertiary/aromatic N) is 7. The number of amides is 2. The molecule has 0 spiro atoms. The van der Waals surface area contributed by atoms with Crippen LogP contribution < -0.4 is 10.6 Å². The summed E-state index contributed by atoms with van der Waals surface area (Å²) in [6.07, 6.45) is -4.42. The summed E-state index contributed by atoms with van der Waals surface area (Å²) in [5, 5.41) is 26.1. The van der Waals surface area contributed by atoms with Crippen molar-refractivity contribution in [3.63, 3.8) is 0 Å². The van der Waals surface area contributed by atoms with Gasteiger partial charge in [-0.1, -0.05) is 43.6 Å². The maximum atomic E-state index is 14.5. The predicted molar refractivity (Wildman–Crippen MR) is 197 cm³/mol. The fourth-order valence-corrected chi connectivity index (χ4v) is 5.47. The highest BCUT2D eigenvalue weighted by Gasteiger charge is 2.46. The van der Waals surface area contributed by atoms with E-state index in [2.05, 4.69) is 30.9 Å². The number of alkyl halides is 5. The van der Waals surface area contributed by atoms with Crippen LogP contribution in [0.25, 0.3) is 16.9 Å². The number of carbonyl (C=O) groups is 2. The number of nitrogens with one attached hydrogen (secondary N) is 3. The number of aromatic nitrogens is 6. The molecular formula is C32H37B3ClF5N10O3. The van der Waals surface area contributed by atoms with Crippen LogP contribution in [0.15, 0.2) is 55.0 Å². The first-order valence-corrected chi connectivity index (χ1v) is 17.3. The van der Waals surface area contributed by atoms with Crippen LogP contribution >= 0.6 is 11.6 Å². The largest absolute Gasteiger partial charge is 0.471 e. The molecule has 0 radical (unpaired) electrons. The minimum absolute atomic E-state index is 0.0142. The maximum Gasteiger partial charge on any atom is 0.405 e. The standard InChI is InChI=1S/C32H37B3ClF5N10O3/c1-30(2,31(39,40)41)11-12-43-28(42)49(27(52)18-5-3-17(4-6-18)22-14-46-51(48-22)20-8-9-20)24(15-44-29(53)54-32(33,34)35)19-7-10-21(36)23(13-19)50-26(25(37)38)45-16-47-50/h3-7,10,13-14,16,20,24-25H,8-9,11-12,15,33-35H2,1-2H3,(H2,42,43)(H,44,53)/t24-/m1/s1.